The van der Waals surface area contributed by atoms with E-state index in [1.165, 1.54) is 19.5 Å². The molecule has 1 aromatic carbocycles. The summed E-state index contributed by atoms with van der Waals surface area (Å²) in [6.45, 7) is 0. The van der Waals surface area contributed by atoms with Gasteiger partial charge in [0.15, 0.2) is 0 Å². The Kier molecular flexibility index (Phi) is 2.86. The van der Waals surface area contributed by atoms with Gasteiger partial charge in [0.25, 0.3) is 0 Å². The Morgan fingerprint density at radius 1 is 1.12 bits per heavy atom. The first-order chi connectivity index (χ1) is 8.13. The van der Waals surface area contributed by atoms with Crippen LogP contribution in [-0.2, 0) is 0 Å². The third kappa shape index (κ3) is 2.01. The molecule has 0 aliphatic heterocycles. The van der Waals surface area contributed by atoms with E-state index in [-0.39, 0.29) is 22.8 Å². The summed E-state index contributed by atoms with van der Waals surface area (Å²) in [5.74, 6) is -1.27. The number of ether oxygens (including phenoxy) is 1. The summed E-state index contributed by atoms with van der Waals surface area (Å²) in [7, 11) is 1.37. The largest absolute Gasteiger partial charge is 0.479 e. The lowest BCUT2D eigenvalue weighted by Gasteiger charge is -2.07. The first-order valence-corrected chi connectivity index (χ1v) is 4.73. The summed E-state index contributed by atoms with van der Waals surface area (Å²) in [5.41, 5.74) is 5.09. The van der Waals surface area contributed by atoms with Crippen molar-refractivity contribution in [2.24, 2.45) is 0 Å². The highest BCUT2D eigenvalue weighted by atomic mass is 19.1. The van der Waals surface area contributed by atoms with E-state index in [1.54, 1.807) is 0 Å². The van der Waals surface area contributed by atoms with Crippen molar-refractivity contribution in [2.45, 2.75) is 0 Å². The minimum absolute atomic E-state index is 0.0401. The van der Waals surface area contributed by atoms with Crippen LogP contribution >= 0.6 is 0 Å². The normalized spacial score (nSPS) is 10.3. The van der Waals surface area contributed by atoms with Crippen LogP contribution < -0.4 is 10.5 Å². The van der Waals surface area contributed by atoms with Crippen molar-refractivity contribution in [3.05, 3.63) is 36.2 Å². The van der Waals surface area contributed by atoms with Crippen LogP contribution in [0.25, 0.3) is 11.3 Å². The van der Waals surface area contributed by atoms with Crippen molar-refractivity contribution < 1.29 is 13.5 Å². The van der Waals surface area contributed by atoms with Gasteiger partial charge < -0.3 is 10.5 Å². The van der Waals surface area contributed by atoms with E-state index in [9.17, 15) is 8.78 Å². The first kappa shape index (κ1) is 11.3. The molecule has 2 aromatic rings. The van der Waals surface area contributed by atoms with E-state index >= 15 is 0 Å². The number of nitrogens with zero attached hydrogens (tertiary/aromatic N) is 2. The minimum Gasteiger partial charge on any atom is -0.479 e. The van der Waals surface area contributed by atoms with Crippen LogP contribution in [0, 0.1) is 11.6 Å². The molecule has 4 nitrogen and oxygen atoms in total. The average molecular weight is 237 g/mol. The number of rotatable bonds is 2. The van der Waals surface area contributed by atoms with Gasteiger partial charge in [-0.05, 0) is 6.07 Å². The van der Waals surface area contributed by atoms with Gasteiger partial charge in [-0.1, -0.05) is 0 Å². The molecule has 0 aliphatic rings. The summed E-state index contributed by atoms with van der Waals surface area (Å²) in [4.78, 5) is 7.78. The molecule has 17 heavy (non-hydrogen) atoms. The van der Waals surface area contributed by atoms with Gasteiger partial charge >= 0.3 is 0 Å². The van der Waals surface area contributed by atoms with Gasteiger partial charge in [0.1, 0.15) is 17.3 Å². The summed E-state index contributed by atoms with van der Waals surface area (Å²) < 4.78 is 31.9. The number of halogens is 2. The molecule has 2 N–H and O–H groups in total. The lowest BCUT2D eigenvalue weighted by atomic mass is 10.1. The number of benzene rings is 1. The molecule has 88 valence electrons. The van der Waals surface area contributed by atoms with Crippen molar-refractivity contribution in [3.8, 4) is 17.1 Å². The van der Waals surface area contributed by atoms with E-state index in [0.717, 1.165) is 12.1 Å². The second-order valence-corrected chi connectivity index (χ2v) is 3.27. The quantitative estimate of drug-likeness (QED) is 0.811. The van der Waals surface area contributed by atoms with Crippen molar-refractivity contribution >= 4 is 5.69 Å². The molecule has 0 spiro atoms. The molecule has 0 unspecified atom stereocenters. The predicted molar refractivity (Wildman–Crippen MR) is 58.3 cm³/mol. The van der Waals surface area contributed by atoms with Crippen molar-refractivity contribution in [1.82, 2.24) is 9.97 Å². The molecular formula is C11H9F2N3O. The van der Waals surface area contributed by atoms with E-state index in [2.05, 4.69) is 9.97 Å². The van der Waals surface area contributed by atoms with Gasteiger partial charge in [0, 0.05) is 24.0 Å². The number of methoxy groups -OCH3 is 1. The van der Waals surface area contributed by atoms with Crippen LogP contribution in [0.3, 0.4) is 0 Å². The molecule has 0 atom stereocenters. The zero-order valence-electron chi connectivity index (χ0n) is 8.95. The Hall–Kier alpha value is -2.24. The molecule has 0 saturated heterocycles. The van der Waals surface area contributed by atoms with Gasteiger partial charge in [-0.15, -0.1) is 0 Å². The topological polar surface area (TPSA) is 61.0 Å². The highest BCUT2D eigenvalue weighted by Crippen LogP contribution is 2.29. The zero-order chi connectivity index (χ0) is 12.4. The number of hydrogen-bond acceptors (Lipinski definition) is 4. The SMILES string of the molecule is COc1nccnc1-c1cc(F)c(N)cc1F. The van der Waals surface area contributed by atoms with Gasteiger partial charge in [-0.2, -0.15) is 0 Å². The fourth-order valence-corrected chi connectivity index (χ4v) is 1.40. The molecule has 0 bridgehead atoms. The maximum Gasteiger partial charge on any atom is 0.240 e. The van der Waals surface area contributed by atoms with E-state index in [4.69, 9.17) is 10.5 Å². The van der Waals surface area contributed by atoms with Crippen molar-refractivity contribution in [2.75, 3.05) is 12.8 Å². The van der Waals surface area contributed by atoms with Crippen LogP contribution in [0.4, 0.5) is 14.5 Å². The minimum atomic E-state index is -0.714. The highest BCUT2D eigenvalue weighted by molar-refractivity contribution is 5.67. The molecule has 0 radical (unpaired) electrons. The third-order valence-corrected chi connectivity index (χ3v) is 2.20. The molecule has 0 amide bonds. The fraction of sp³-hybridized carbons (Fsp3) is 0.0909. The molecule has 1 aromatic heterocycles. The van der Waals surface area contributed by atoms with Crippen LogP contribution in [-0.4, -0.2) is 17.1 Å². The summed E-state index contributed by atoms with van der Waals surface area (Å²) >= 11 is 0. The van der Waals surface area contributed by atoms with Crippen molar-refractivity contribution in [1.29, 1.82) is 0 Å². The average Bonchev–Trinajstić information content (AvgIpc) is 2.34. The zero-order valence-corrected chi connectivity index (χ0v) is 8.95. The number of nitrogens with two attached hydrogens (primary N) is 1. The second kappa shape index (κ2) is 4.32. The summed E-state index contributed by atoms with van der Waals surface area (Å²) in [6.07, 6.45) is 2.76. The van der Waals surface area contributed by atoms with Crippen LogP contribution in [0.5, 0.6) is 5.88 Å². The van der Waals surface area contributed by atoms with Crippen molar-refractivity contribution in [3.63, 3.8) is 0 Å². The standard InChI is InChI=1S/C11H9F2N3O/c1-17-11-10(15-2-3-16-11)6-4-8(13)9(14)5-7(6)12/h2-5H,14H2,1H3. The van der Waals surface area contributed by atoms with Crippen LogP contribution in [0.2, 0.25) is 0 Å². The summed E-state index contributed by atoms with van der Waals surface area (Å²) in [6, 6.07) is 1.87. The maximum absolute atomic E-state index is 13.7. The third-order valence-electron chi connectivity index (χ3n) is 2.20. The lowest BCUT2D eigenvalue weighted by molar-refractivity contribution is 0.397. The van der Waals surface area contributed by atoms with E-state index < -0.39 is 11.6 Å². The molecule has 0 saturated carbocycles. The van der Waals surface area contributed by atoms with E-state index in [0.29, 0.717) is 0 Å². The van der Waals surface area contributed by atoms with Gasteiger partial charge in [-0.3, -0.25) is 0 Å². The molecular weight excluding hydrogens is 228 g/mol. The highest BCUT2D eigenvalue weighted by Gasteiger charge is 2.15. The Balaban J connectivity index is 2.64. The number of hydrogen-bond donors (Lipinski definition) is 1. The molecule has 0 aliphatic carbocycles. The molecule has 2 rings (SSSR count). The Morgan fingerprint density at radius 2 is 1.82 bits per heavy atom. The maximum atomic E-state index is 13.7. The summed E-state index contributed by atoms with van der Waals surface area (Å²) in [5, 5.41) is 0. The molecule has 6 heteroatoms. The number of nitrogen functional groups attached to an aromatic ring is 1. The predicted octanol–water partition coefficient (Wildman–Crippen LogP) is 2.01. The van der Waals surface area contributed by atoms with Crippen LogP contribution in [0.15, 0.2) is 24.5 Å². The second-order valence-electron chi connectivity index (χ2n) is 3.27. The monoisotopic (exact) mass is 237 g/mol. The first-order valence-electron chi connectivity index (χ1n) is 4.73. The molecule has 0 fully saturated rings. The Labute approximate surface area is 96.1 Å². The lowest BCUT2D eigenvalue weighted by Crippen LogP contribution is -1.99. The number of anilines is 1. The molecule has 1 heterocycles. The van der Waals surface area contributed by atoms with Gasteiger partial charge in [0.05, 0.1) is 12.8 Å². The Bertz CT molecular complexity index is 560. The van der Waals surface area contributed by atoms with Gasteiger partial charge in [0.2, 0.25) is 5.88 Å². The fourth-order valence-electron chi connectivity index (χ4n) is 1.40. The van der Waals surface area contributed by atoms with Gasteiger partial charge in [-0.25, -0.2) is 18.7 Å². The Morgan fingerprint density at radius 3 is 2.53 bits per heavy atom. The van der Waals surface area contributed by atoms with Crippen LogP contribution in [0.1, 0.15) is 0 Å². The number of aromatic nitrogens is 2. The smallest absolute Gasteiger partial charge is 0.240 e. The van der Waals surface area contributed by atoms with E-state index in [1.807, 2.05) is 0 Å².